The highest BCUT2D eigenvalue weighted by molar-refractivity contribution is 5.43. The summed E-state index contributed by atoms with van der Waals surface area (Å²) in [5.74, 6) is 1.63. The number of hydrogen-bond donors (Lipinski definition) is 1. The van der Waals surface area contributed by atoms with E-state index in [0.717, 1.165) is 63.4 Å². The van der Waals surface area contributed by atoms with Crippen molar-refractivity contribution in [3.8, 4) is 11.5 Å². The molecule has 0 spiro atoms. The van der Waals surface area contributed by atoms with Gasteiger partial charge >= 0.3 is 0 Å². The molecule has 130 valence electrons. The van der Waals surface area contributed by atoms with Gasteiger partial charge in [0, 0.05) is 25.1 Å². The SMILES string of the molecule is CCCCOc1cc(CN2CCCC(C)(CO)C2)ccc1OC. The Bertz CT molecular complexity index is 492. The molecule has 0 aliphatic carbocycles. The number of likely N-dealkylation sites (tertiary alicyclic amines) is 1. The van der Waals surface area contributed by atoms with E-state index in [-0.39, 0.29) is 12.0 Å². The smallest absolute Gasteiger partial charge is 0.161 e. The van der Waals surface area contributed by atoms with Crippen LogP contribution in [0.1, 0.15) is 45.1 Å². The Kier molecular flexibility index (Phi) is 6.72. The van der Waals surface area contributed by atoms with Crippen molar-refractivity contribution in [3.63, 3.8) is 0 Å². The number of hydrogen-bond acceptors (Lipinski definition) is 4. The number of aliphatic hydroxyl groups excluding tert-OH is 1. The number of aliphatic hydroxyl groups is 1. The van der Waals surface area contributed by atoms with Gasteiger partial charge in [0.15, 0.2) is 11.5 Å². The molecule has 1 heterocycles. The largest absolute Gasteiger partial charge is 0.493 e. The van der Waals surface area contributed by atoms with Gasteiger partial charge < -0.3 is 14.6 Å². The minimum absolute atomic E-state index is 0.0329. The molecular formula is C19H31NO3. The highest BCUT2D eigenvalue weighted by atomic mass is 16.5. The van der Waals surface area contributed by atoms with Gasteiger partial charge in [-0.2, -0.15) is 0 Å². The Balaban J connectivity index is 2.03. The van der Waals surface area contributed by atoms with Crippen molar-refractivity contribution >= 4 is 0 Å². The first-order valence-corrected chi connectivity index (χ1v) is 8.73. The van der Waals surface area contributed by atoms with Crippen molar-refractivity contribution in [2.75, 3.05) is 33.4 Å². The Morgan fingerprint density at radius 1 is 1.30 bits per heavy atom. The highest BCUT2D eigenvalue weighted by Crippen LogP contribution is 2.32. The number of nitrogens with zero attached hydrogens (tertiary/aromatic N) is 1. The van der Waals surface area contributed by atoms with Crippen LogP contribution in [-0.2, 0) is 6.54 Å². The number of rotatable bonds is 8. The van der Waals surface area contributed by atoms with E-state index in [1.807, 2.05) is 6.07 Å². The number of unbranched alkanes of at least 4 members (excludes halogenated alkanes) is 1. The average Bonchev–Trinajstić information content (AvgIpc) is 2.55. The van der Waals surface area contributed by atoms with Crippen LogP contribution in [0.2, 0.25) is 0 Å². The van der Waals surface area contributed by atoms with Gasteiger partial charge in [-0.25, -0.2) is 0 Å². The second-order valence-electron chi connectivity index (χ2n) is 6.97. The third-order valence-electron chi connectivity index (χ3n) is 4.63. The molecule has 1 aliphatic rings. The van der Waals surface area contributed by atoms with Crippen molar-refractivity contribution < 1.29 is 14.6 Å². The van der Waals surface area contributed by atoms with Gasteiger partial charge in [0.05, 0.1) is 13.7 Å². The molecule has 1 N–H and O–H groups in total. The summed E-state index contributed by atoms with van der Waals surface area (Å²) in [6.45, 7) is 8.25. The first kappa shape index (κ1) is 18.1. The van der Waals surface area contributed by atoms with E-state index in [4.69, 9.17) is 9.47 Å². The lowest BCUT2D eigenvalue weighted by Gasteiger charge is -2.39. The summed E-state index contributed by atoms with van der Waals surface area (Å²) in [5.41, 5.74) is 1.27. The molecule has 4 heteroatoms. The molecule has 23 heavy (non-hydrogen) atoms. The lowest BCUT2D eigenvalue weighted by atomic mass is 9.82. The molecule has 1 saturated heterocycles. The molecule has 4 nitrogen and oxygen atoms in total. The summed E-state index contributed by atoms with van der Waals surface area (Å²) >= 11 is 0. The molecule has 0 amide bonds. The molecule has 1 aromatic rings. The van der Waals surface area contributed by atoms with Crippen molar-refractivity contribution in [1.29, 1.82) is 0 Å². The van der Waals surface area contributed by atoms with E-state index in [1.54, 1.807) is 7.11 Å². The Hall–Kier alpha value is -1.26. The van der Waals surface area contributed by atoms with Crippen LogP contribution in [0.3, 0.4) is 0 Å². The van der Waals surface area contributed by atoms with Gasteiger partial charge in [-0.05, 0) is 43.5 Å². The Labute approximate surface area is 140 Å². The second-order valence-corrected chi connectivity index (χ2v) is 6.97. The highest BCUT2D eigenvalue weighted by Gasteiger charge is 2.30. The van der Waals surface area contributed by atoms with Crippen LogP contribution < -0.4 is 9.47 Å². The minimum atomic E-state index is 0.0329. The van der Waals surface area contributed by atoms with Crippen molar-refractivity contribution in [2.24, 2.45) is 5.41 Å². The summed E-state index contributed by atoms with van der Waals surface area (Å²) < 4.78 is 11.3. The monoisotopic (exact) mass is 321 g/mol. The summed E-state index contributed by atoms with van der Waals surface area (Å²) in [7, 11) is 1.68. The fraction of sp³-hybridized carbons (Fsp3) is 0.684. The fourth-order valence-corrected chi connectivity index (χ4v) is 3.21. The zero-order valence-corrected chi connectivity index (χ0v) is 14.8. The van der Waals surface area contributed by atoms with Crippen LogP contribution in [0.25, 0.3) is 0 Å². The topological polar surface area (TPSA) is 41.9 Å². The maximum absolute atomic E-state index is 9.60. The van der Waals surface area contributed by atoms with Gasteiger partial charge in [-0.1, -0.05) is 26.3 Å². The molecule has 0 radical (unpaired) electrons. The van der Waals surface area contributed by atoms with E-state index >= 15 is 0 Å². The molecule has 1 fully saturated rings. The molecule has 1 unspecified atom stereocenters. The summed E-state index contributed by atoms with van der Waals surface area (Å²) in [6, 6.07) is 6.20. The molecule has 1 aromatic carbocycles. The maximum Gasteiger partial charge on any atom is 0.161 e. The average molecular weight is 321 g/mol. The van der Waals surface area contributed by atoms with E-state index in [1.165, 1.54) is 5.56 Å². The van der Waals surface area contributed by atoms with Gasteiger partial charge in [-0.15, -0.1) is 0 Å². The number of ether oxygens (including phenoxy) is 2. The molecule has 1 aliphatic heterocycles. The van der Waals surface area contributed by atoms with E-state index in [2.05, 4.69) is 30.9 Å². The first-order chi connectivity index (χ1) is 11.1. The van der Waals surface area contributed by atoms with Gasteiger partial charge in [-0.3, -0.25) is 4.90 Å². The molecule has 0 saturated carbocycles. The lowest BCUT2D eigenvalue weighted by Crippen LogP contribution is -2.43. The number of benzene rings is 1. The normalized spacial score (nSPS) is 22.1. The zero-order chi connectivity index (χ0) is 16.7. The first-order valence-electron chi connectivity index (χ1n) is 8.73. The predicted molar refractivity (Wildman–Crippen MR) is 93.1 cm³/mol. The standard InChI is InChI=1S/C19H31NO3/c1-4-5-11-23-18-12-16(7-8-17(18)22-3)13-20-10-6-9-19(2,14-20)15-21/h7-8,12,21H,4-6,9-11,13-15H2,1-3H3. The van der Waals surface area contributed by atoms with Crippen LogP contribution in [0.4, 0.5) is 0 Å². The zero-order valence-electron chi connectivity index (χ0n) is 14.8. The van der Waals surface area contributed by atoms with E-state index < -0.39 is 0 Å². The van der Waals surface area contributed by atoms with Crippen LogP contribution in [0.15, 0.2) is 18.2 Å². The quantitative estimate of drug-likeness (QED) is 0.745. The van der Waals surface area contributed by atoms with E-state index in [9.17, 15) is 5.11 Å². The minimum Gasteiger partial charge on any atom is -0.493 e. The Morgan fingerprint density at radius 3 is 2.83 bits per heavy atom. The summed E-state index contributed by atoms with van der Waals surface area (Å²) in [6.07, 6.45) is 4.42. The van der Waals surface area contributed by atoms with Crippen molar-refractivity contribution in [3.05, 3.63) is 23.8 Å². The molecule has 0 bridgehead atoms. The van der Waals surface area contributed by atoms with Gasteiger partial charge in [0.2, 0.25) is 0 Å². The van der Waals surface area contributed by atoms with E-state index in [0.29, 0.717) is 0 Å². The maximum atomic E-state index is 9.60. The van der Waals surface area contributed by atoms with Crippen molar-refractivity contribution in [1.82, 2.24) is 4.90 Å². The molecule has 2 rings (SSSR count). The Morgan fingerprint density at radius 2 is 2.13 bits per heavy atom. The lowest BCUT2D eigenvalue weighted by molar-refractivity contribution is 0.0429. The van der Waals surface area contributed by atoms with Crippen LogP contribution in [0, 0.1) is 5.41 Å². The molecule has 1 atom stereocenters. The van der Waals surface area contributed by atoms with Crippen LogP contribution in [-0.4, -0.2) is 43.4 Å². The fourth-order valence-electron chi connectivity index (χ4n) is 3.21. The predicted octanol–water partition coefficient (Wildman–Crippen LogP) is 3.47. The summed E-state index contributed by atoms with van der Waals surface area (Å²) in [5, 5.41) is 9.60. The van der Waals surface area contributed by atoms with Crippen molar-refractivity contribution in [2.45, 2.75) is 46.1 Å². The molecule has 0 aromatic heterocycles. The summed E-state index contributed by atoms with van der Waals surface area (Å²) in [4.78, 5) is 2.43. The van der Waals surface area contributed by atoms with Crippen LogP contribution >= 0.6 is 0 Å². The van der Waals surface area contributed by atoms with Crippen LogP contribution in [0.5, 0.6) is 11.5 Å². The number of methoxy groups -OCH3 is 1. The second kappa shape index (κ2) is 8.55. The van der Waals surface area contributed by atoms with Gasteiger partial charge in [0.25, 0.3) is 0 Å². The third kappa shape index (κ3) is 5.11. The molecular weight excluding hydrogens is 290 g/mol. The van der Waals surface area contributed by atoms with Gasteiger partial charge in [0.1, 0.15) is 0 Å². The number of piperidine rings is 1. The third-order valence-corrected chi connectivity index (χ3v) is 4.63.